The van der Waals surface area contributed by atoms with Crippen LogP contribution in [0.4, 0.5) is 0 Å². The zero-order chi connectivity index (χ0) is 14.7. The number of nitrogens with one attached hydrogen (secondary N) is 1. The number of nitrogens with zero attached hydrogens (tertiary/aromatic N) is 4. The molecule has 2 aromatic rings. The van der Waals surface area contributed by atoms with Crippen LogP contribution < -0.4 is 5.32 Å². The Morgan fingerprint density at radius 1 is 1.43 bits per heavy atom. The first-order chi connectivity index (χ1) is 10.3. The maximum Gasteiger partial charge on any atom is 0.228 e. The summed E-state index contributed by atoms with van der Waals surface area (Å²) in [6.07, 6.45) is 7.98. The first kappa shape index (κ1) is 14.3. The Morgan fingerprint density at radius 3 is 2.90 bits per heavy atom. The van der Waals surface area contributed by atoms with Gasteiger partial charge in [-0.3, -0.25) is 4.68 Å². The van der Waals surface area contributed by atoms with Crippen LogP contribution in [0.25, 0.3) is 11.5 Å². The number of hydrogen-bond donors (Lipinski definition) is 1. The van der Waals surface area contributed by atoms with Gasteiger partial charge < -0.3 is 9.84 Å². The summed E-state index contributed by atoms with van der Waals surface area (Å²) in [5.74, 6) is 2.01. The summed E-state index contributed by atoms with van der Waals surface area (Å²) >= 11 is 0. The summed E-state index contributed by atoms with van der Waals surface area (Å²) in [7, 11) is 1.88. The van der Waals surface area contributed by atoms with Crippen molar-refractivity contribution < 1.29 is 4.52 Å². The molecule has 1 fully saturated rings. The van der Waals surface area contributed by atoms with Gasteiger partial charge in [0, 0.05) is 25.7 Å². The molecule has 0 spiro atoms. The molecule has 1 aliphatic rings. The second kappa shape index (κ2) is 6.39. The van der Waals surface area contributed by atoms with Crippen LogP contribution >= 0.6 is 0 Å². The SMILES string of the molecule is CCNC(Cc1nc(-c2ccn(C)n2)no1)C1CCCC1. The van der Waals surface area contributed by atoms with Crippen LogP contribution in [0.2, 0.25) is 0 Å². The van der Waals surface area contributed by atoms with Gasteiger partial charge in [-0.1, -0.05) is 24.9 Å². The first-order valence-electron chi connectivity index (χ1n) is 7.82. The van der Waals surface area contributed by atoms with Gasteiger partial charge in [0.15, 0.2) is 0 Å². The normalized spacial score (nSPS) is 17.4. The highest BCUT2D eigenvalue weighted by molar-refractivity contribution is 5.46. The van der Waals surface area contributed by atoms with E-state index in [0.717, 1.165) is 24.6 Å². The van der Waals surface area contributed by atoms with Gasteiger partial charge in [-0.05, 0) is 31.4 Å². The molecule has 0 radical (unpaired) electrons. The second-order valence-corrected chi connectivity index (χ2v) is 5.80. The summed E-state index contributed by atoms with van der Waals surface area (Å²) < 4.78 is 7.16. The molecule has 114 valence electrons. The van der Waals surface area contributed by atoms with Crippen LogP contribution in [0.1, 0.15) is 38.5 Å². The highest BCUT2D eigenvalue weighted by Crippen LogP contribution is 2.29. The first-order valence-corrected chi connectivity index (χ1v) is 7.82. The van der Waals surface area contributed by atoms with E-state index in [1.54, 1.807) is 4.68 Å². The van der Waals surface area contributed by atoms with Crippen molar-refractivity contribution in [3.05, 3.63) is 18.2 Å². The molecule has 1 N–H and O–H groups in total. The van der Waals surface area contributed by atoms with Gasteiger partial charge in [0.2, 0.25) is 11.7 Å². The summed E-state index contributed by atoms with van der Waals surface area (Å²) in [5, 5.41) is 11.9. The Bertz CT molecular complexity index is 570. The minimum Gasteiger partial charge on any atom is -0.339 e. The molecule has 0 bridgehead atoms. The molecule has 1 saturated carbocycles. The molecule has 0 aliphatic heterocycles. The van der Waals surface area contributed by atoms with Crippen molar-refractivity contribution in [3.63, 3.8) is 0 Å². The number of aromatic nitrogens is 4. The molecule has 1 aliphatic carbocycles. The predicted molar refractivity (Wildman–Crippen MR) is 79.6 cm³/mol. The molecule has 6 nitrogen and oxygen atoms in total. The Balaban J connectivity index is 1.69. The van der Waals surface area contributed by atoms with E-state index in [4.69, 9.17) is 4.52 Å². The molecule has 6 heteroatoms. The Kier molecular flexibility index (Phi) is 4.34. The number of likely N-dealkylation sites (N-methyl/N-ethyl adjacent to an activating group) is 1. The van der Waals surface area contributed by atoms with Crippen LogP contribution in [0, 0.1) is 5.92 Å². The summed E-state index contributed by atoms with van der Waals surface area (Å²) in [6.45, 7) is 3.12. The maximum absolute atomic E-state index is 5.41. The summed E-state index contributed by atoms with van der Waals surface area (Å²) in [5.41, 5.74) is 0.758. The minimum absolute atomic E-state index is 0.439. The van der Waals surface area contributed by atoms with E-state index in [9.17, 15) is 0 Å². The molecule has 2 heterocycles. The zero-order valence-electron chi connectivity index (χ0n) is 12.7. The van der Waals surface area contributed by atoms with Crippen molar-refractivity contribution >= 4 is 0 Å². The molecule has 0 amide bonds. The van der Waals surface area contributed by atoms with E-state index in [1.165, 1.54) is 25.7 Å². The Hall–Kier alpha value is -1.69. The summed E-state index contributed by atoms with van der Waals surface area (Å²) in [6, 6.07) is 2.34. The van der Waals surface area contributed by atoms with Gasteiger partial charge in [0.1, 0.15) is 5.69 Å². The molecule has 0 aromatic carbocycles. The van der Waals surface area contributed by atoms with Crippen molar-refractivity contribution in [3.8, 4) is 11.5 Å². The van der Waals surface area contributed by atoms with Gasteiger partial charge >= 0.3 is 0 Å². The fraction of sp³-hybridized carbons (Fsp3) is 0.667. The van der Waals surface area contributed by atoms with E-state index in [-0.39, 0.29) is 0 Å². The van der Waals surface area contributed by atoms with Gasteiger partial charge in [-0.25, -0.2) is 0 Å². The highest BCUT2D eigenvalue weighted by atomic mass is 16.5. The third-order valence-corrected chi connectivity index (χ3v) is 4.24. The van der Waals surface area contributed by atoms with Gasteiger partial charge in [-0.2, -0.15) is 10.1 Å². The van der Waals surface area contributed by atoms with Gasteiger partial charge in [0.25, 0.3) is 0 Å². The molecule has 1 unspecified atom stereocenters. The van der Waals surface area contributed by atoms with Crippen molar-refractivity contribution in [2.24, 2.45) is 13.0 Å². The lowest BCUT2D eigenvalue weighted by atomic mass is 9.95. The van der Waals surface area contributed by atoms with E-state index >= 15 is 0 Å². The van der Waals surface area contributed by atoms with Crippen LogP contribution in [0.3, 0.4) is 0 Å². The second-order valence-electron chi connectivity index (χ2n) is 5.80. The largest absolute Gasteiger partial charge is 0.339 e. The smallest absolute Gasteiger partial charge is 0.228 e. The van der Waals surface area contributed by atoms with Crippen LogP contribution in [-0.2, 0) is 13.5 Å². The average molecular weight is 289 g/mol. The Morgan fingerprint density at radius 2 is 2.24 bits per heavy atom. The fourth-order valence-electron chi connectivity index (χ4n) is 3.19. The molecule has 21 heavy (non-hydrogen) atoms. The zero-order valence-corrected chi connectivity index (χ0v) is 12.7. The average Bonchev–Trinajstić information content (AvgIpc) is 3.18. The molecule has 3 rings (SSSR count). The van der Waals surface area contributed by atoms with E-state index in [1.807, 2.05) is 19.3 Å². The topological polar surface area (TPSA) is 68.8 Å². The minimum atomic E-state index is 0.439. The van der Waals surface area contributed by atoms with Gasteiger partial charge in [0.05, 0.1) is 0 Å². The van der Waals surface area contributed by atoms with Gasteiger partial charge in [-0.15, -0.1) is 0 Å². The number of hydrogen-bond acceptors (Lipinski definition) is 5. The van der Waals surface area contributed by atoms with Crippen LogP contribution in [-0.4, -0.2) is 32.5 Å². The quantitative estimate of drug-likeness (QED) is 0.882. The molecule has 2 aromatic heterocycles. The highest BCUT2D eigenvalue weighted by Gasteiger charge is 2.26. The summed E-state index contributed by atoms with van der Waals surface area (Å²) in [4.78, 5) is 4.49. The lowest BCUT2D eigenvalue weighted by molar-refractivity contribution is 0.311. The Labute approximate surface area is 124 Å². The van der Waals surface area contributed by atoms with Crippen LogP contribution in [0.15, 0.2) is 16.8 Å². The lowest BCUT2D eigenvalue weighted by Gasteiger charge is -2.22. The molecule has 0 saturated heterocycles. The maximum atomic E-state index is 5.41. The van der Waals surface area contributed by atoms with Crippen LogP contribution in [0.5, 0.6) is 0 Å². The van der Waals surface area contributed by atoms with E-state index in [2.05, 4.69) is 27.5 Å². The van der Waals surface area contributed by atoms with Crippen molar-refractivity contribution in [2.75, 3.05) is 6.54 Å². The number of rotatable bonds is 6. The third-order valence-electron chi connectivity index (χ3n) is 4.24. The monoisotopic (exact) mass is 289 g/mol. The van der Waals surface area contributed by atoms with Crippen molar-refractivity contribution in [2.45, 2.75) is 45.1 Å². The van der Waals surface area contributed by atoms with Crippen molar-refractivity contribution in [1.29, 1.82) is 0 Å². The van der Waals surface area contributed by atoms with Crippen molar-refractivity contribution in [1.82, 2.24) is 25.2 Å². The number of aryl methyl sites for hydroxylation is 1. The molecular weight excluding hydrogens is 266 g/mol. The fourth-order valence-corrected chi connectivity index (χ4v) is 3.19. The molecule has 1 atom stereocenters. The lowest BCUT2D eigenvalue weighted by Crippen LogP contribution is -2.37. The van der Waals surface area contributed by atoms with E-state index < -0.39 is 0 Å². The third kappa shape index (κ3) is 3.32. The standard InChI is InChI=1S/C15H23N5O/c1-3-16-13(11-6-4-5-7-11)10-14-17-15(19-21-14)12-8-9-20(2)18-12/h8-9,11,13,16H,3-7,10H2,1-2H3. The molecular formula is C15H23N5O. The van der Waals surface area contributed by atoms with E-state index in [0.29, 0.717) is 17.8 Å². The predicted octanol–water partition coefficient (Wildman–Crippen LogP) is 2.18.